The fourth-order valence-electron chi connectivity index (χ4n) is 2.71. The van der Waals surface area contributed by atoms with Crippen molar-refractivity contribution in [2.45, 2.75) is 26.7 Å². The Morgan fingerprint density at radius 3 is 2.93 bits per heavy atom. The van der Waals surface area contributed by atoms with Gasteiger partial charge in [-0.2, -0.15) is 0 Å². The Balaban J connectivity index is 1.42. The number of anilines is 1. The monoisotopic (exact) mass is 400 g/mol. The molecule has 1 aromatic carbocycles. The minimum Gasteiger partial charge on any atom is -0.449 e. The molecule has 0 saturated carbocycles. The van der Waals surface area contributed by atoms with Gasteiger partial charge in [0.25, 0.3) is 0 Å². The van der Waals surface area contributed by atoms with E-state index >= 15 is 0 Å². The summed E-state index contributed by atoms with van der Waals surface area (Å²) in [7, 11) is 0. The van der Waals surface area contributed by atoms with Crippen molar-refractivity contribution in [2.75, 3.05) is 18.5 Å². The summed E-state index contributed by atoms with van der Waals surface area (Å²) in [6, 6.07) is 8.10. The second-order valence-corrected chi connectivity index (χ2v) is 7.76. The van der Waals surface area contributed by atoms with Crippen LogP contribution in [0, 0.1) is 5.92 Å². The van der Waals surface area contributed by atoms with Gasteiger partial charge < -0.3 is 15.0 Å². The molecule has 0 unspecified atom stereocenters. The molecule has 0 aliphatic rings. The summed E-state index contributed by atoms with van der Waals surface area (Å²) in [6.45, 7) is 4.83. The summed E-state index contributed by atoms with van der Waals surface area (Å²) in [5, 5.41) is 8.86. The Morgan fingerprint density at radius 1 is 1.29 bits per heavy atom. The van der Waals surface area contributed by atoms with Gasteiger partial charge in [-0.05, 0) is 24.0 Å². The van der Waals surface area contributed by atoms with Gasteiger partial charge in [-0.1, -0.05) is 32.0 Å². The van der Waals surface area contributed by atoms with Crippen LogP contribution in [0.15, 0.2) is 35.8 Å². The van der Waals surface area contributed by atoms with E-state index in [9.17, 15) is 9.59 Å². The lowest BCUT2D eigenvalue weighted by Crippen LogP contribution is -2.27. The van der Waals surface area contributed by atoms with E-state index in [1.165, 1.54) is 22.3 Å². The molecule has 28 heavy (non-hydrogen) atoms. The van der Waals surface area contributed by atoms with Crippen molar-refractivity contribution in [3.05, 3.63) is 47.1 Å². The van der Waals surface area contributed by atoms with Gasteiger partial charge in [0.05, 0.1) is 18.7 Å². The number of hydrogen-bond acceptors (Lipinski definition) is 5. The maximum Gasteiger partial charge on any atom is 0.413 e. The van der Waals surface area contributed by atoms with Crippen molar-refractivity contribution in [1.29, 1.82) is 0 Å². The van der Waals surface area contributed by atoms with Crippen molar-refractivity contribution < 1.29 is 14.3 Å². The molecule has 148 valence electrons. The molecule has 3 rings (SSSR count). The number of para-hydroxylation sites is 1. The molecule has 0 fully saturated rings. The number of hydrogen-bond donors (Lipinski definition) is 3. The number of rotatable bonds is 8. The van der Waals surface area contributed by atoms with E-state index in [1.807, 2.05) is 38.2 Å². The van der Waals surface area contributed by atoms with Gasteiger partial charge in [-0.15, -0.1) is 11.3 Å². The lowest BCUT2D eigenvalue weighted by atomic mass is 10.1. The van der Waals surface area contributed by atoms with E-state index in [1.54, 1.807) is 5.38 Å². The molecule has 2 amide bonds. The van der Waals surface area contributed by atoms with Crippen LogP contribution in [0.25, 0.3) is 10.9 Å². The average Bonchev–Trinajstić information content (AvgIpc) is 3.27. The van der Waals surface area contributed by atoms with Crippen molar-refractivity contribution in [2.24, 2.45) is 5.92 Å². The summed E-state index contributed by atoms with van der Waals surface area (Å²) in [5.74, 6) is 0.171. The van der Waals surface area contributed by atoms with E-state index in [2.05, 4.69) is 26.7 Å². The van der Waals surface area contributed by atoms with E-state index in [0.717, 1.165) is 11.9 Å². The van der Waals surface area contributed by atoms with E-state index < -0.39 is 6.09 Å². The lowest BCUT2D eigenvalue weighted by molar-refractivity contribution is -0.120. The van der Waals surface area contributed by atoms with Gasteiger partial charge in [0.2, 0.25) is 5.91 Å². The number of H-pyrrole nitrogens is 1. The molecule has 0 saturated heterocycles. The van der Waals surface area contributed by atoms with Crippen LogP contribution in [0.1, 0.15) is 25.1 Å². The number of carbonyl (C=O) groups is 2. The van der Waals surface area contributed by atoms with Gasteiger partial charge in [-0.25, -0.2) is 9.78 Å². The van der Waals surface area contributed by atoms with Gasteiger partial charge in [0.15, 0.2) is 5.13 Å². The van der Waals surface area contributed by atoms with Crippen LogP contribution in [0.3, 0.4) is 0 Å². The van der Waals surface area contributed by atoms with Crippen molar-refractivity contribution in [3.63, 3.8) is 0 Å². The lowest BCUT2D eigenvalue weighted by Gasteiger charge is -2.06. The molecule has 2 heterocycles. The molecule has 0 aliphatic heterocycles. The third-order valence-corrected chi connectivity index (χ3v) is 4.85. The largest absolute Gasteiger partial charge is 0.449 e. The number of thiazole rings is 1. The Kier molecular flexibility index (Phi) is 6.65. The van der Waals surface area contributed by atoms with Crippen LogP contribution in [0.2, 0.25) is 0 Å². The molecule has 3 aromatic rings. The number of aromatic nitrogens is 2. The highest BCUT2D eigenvalue weighted by atomic mass is 32.1. The number of aromatic amines is 1. The number of amides is 2. The molecule has 3 N–H and O–H groups in total. The SMILES string of the molecule is CC(C)COC(=O)Nc1nc(CC(=O)NCCc2c[nH]c3ccccc23)cs1. The maximum absolute atomic E-state index is 12.1. The van der Waals surface area contributed by atoms with Gasteiger partial charge in [0.1, 0.15) is 0 Å². The third-order valence-electron chi connectivity index (χ3n) is 4.04. The van der Waals surface area contributed by atoms with Crippen LogP contribution >= 0.6 is 11.3 Å². The predicted molar refractivity (Wildman–Crippen MR) is 111 cm³/mol. The fraction of sp³-hybridized carbons (Fsp3) is 0.350. The molecule has 7 nitrogen and oxygen atoms in total. The van der Waals surface area contributed by atoms with E-state index in [4.69, 9.17) is 4.74 Å². The minimum absolute atomic E-state index is 0.0981. The first-order valence-corrected chi connectivity index (χ1v) is 10.1. The predicted octanol–water partition coefficient (Wildman–Crippen LogP) is 3.73. The molecule has 0 radical (unpaired) electrons. The summed E-state index contributed by atoms with van der Waals surface area (Å²) in [4.78, 5) is 31.3. The van der Waals surface area contributed by atoms with Crippen molar-refractivity contribution in [3.8, 4) is 0 Å². The maximum atomic E-state index is 12.1. The molecule has 8 heteroatoms. The van der Waals surface area contributed by atoms with Crippen molar-refractivity contribution >= 4 is 39.4 Å². The van der Waals surface area contributed by atoms with Crippen LogP contribution < -0.4 is 10.6 Å². The Hall–Kier alpha value is -2.87. The smallest absolute Gasteiger partial charge is 0.413 e. The summed E-state index contributed by atoms with van der Waals surface area (Å²) in [5.41, 5.74) is 2.89. The normalized spacial score (nSPS) is 11.0. The van der Waals surface area contributed by atoms with Crippen LogP contribution in [0.4, 0.5) is 9.93 Å². The number of fused-ring (bicyclic) bond motifs is 1. The highest BCUT2D eigenvalue weighted by Gasteiger charge is 2.11. The third kappa shape index (κ3) is 5.56. The summed E-state index contributed by atoms with van der Waals surface area (Å²) in [6.07, 6.45) is 2.37. The van der Waals surface area contributed by atoms with E-state index in [0.29, 0.717) is 24.0 Å². The van der Waals surface area contributed by atoms with Crippen LogP contribution in [-0.4, -0.2) is 35.1 Å². The zero-order valence-electron chi connectivity index (χ0n) is 16.0. The average molecular weight is 401 g/mol. The molecule has 0 bridgehead atoms. The molecule has 0 atom stereocenters. The van der Waals surface area contributed by atoms with Crippen LogP contribution in [0.5, 0.6) is 0 Å². The number of nitrogens with one attached hydrogen (secondary N) is 3. The first kappa shape index (κ1) is 19.9. The van der Waals surface area contributed by atoms with Crippen molar-refractivity contribution in [1.82, 2.24) is 15.3 Å². The molecule has 0 aliphatic carbocycles. The Morgan fingerprint density at radius 2 is 2.11 bits per heavy atom. The molecule has 0 spiro atoms. The number of ether oxygens (including phenoxy) is 1. The highest BCUT2D eigenvalue weighted by molar-refractivity contribution is 7.13. The Labute approximate surface area is 167 Å². The molecular formula is C20H24N4O3S. The number of carbonyl (C=O) groups excluding carboxylic acids is 2. The highest BCUT2D eigenvalue weighted by Crippen LogP contribution is 2.18. The summed E-state index contributed by atoms with van der Waals surface area (Å²) < 4.78 is 5.05. The standard InChI is InChI=1S/C20H24N4O3S/c1-13(2)11-27-20(26)24-19-23-15(12-28-19)9-18(25)21-8-7-14-10-22-17-6-4-3-5-16(14)17/h3-6,10,12-13,22H,7-9,11H2,1-2H3,(H,21,25)(H,23,24,26). The second kappa shape index (κ2) is 9.36. The number of benzene rings is 1. The van der Waals surface area contributed by atoms with Crippen LogP contribution in [-0.2, 0) is 22.4 Å². The van der Waals surface area contributed by atoms with Gasteiger partial charge in [0, 0.05) is 29.0 Å². The topological polar surface area (TPSA) is 96.1 Å². The Bertz CT molecular complexity index is 948. The minimum atomic E-state index is -0.530. The second-order valence-electron chi connectivity index (χ2n) is 6.90. The zero-order valence-corrected chi connectivity index (χ0v) is 16.8. The van der Waals surface area contributed by atoms with Gasteiger partial charge >= 0.3 is 6.09 Å². The number of nitrogens with zero attached hydrogens (tertiary/aromatic N) is 1. The van der Waals surface area contributed by atoms with Gasteiger partial charge in [-0.3, -0.25) is 10.1 Å². The van der Waals surface area contributed by atoms with E-state index in [-0.39, 0.29) is 18.2 Å². The molecule has 2 aromatic heterocycles. The zero-order chi connectivity index (χ0) is 19.9. The quantitative estimate of drug-likeness (QED) is 0.537. The first-order chi connectivity index (χ1) is 13.5. The summed E-state index contributed by atoms with van der Waals surface area (Å²) >= 11 is 1.27. The fourth-order valence-corrected chi connectivity index (χ4v) is 3.41. The first-order valence-electron chi connectivity index (χ1n) is 9.21. The molecular weight excluding hydrogens is 376 g/mol.